The Morgan fingerprint density at radius 3 is 2.86 bits per heavy atom. The Hall–Kier alpha value is -2.30. The fourth-order valence-electron chi connectivity index (χ4n) is 2.60. The molecule has 0 spiro atoms. The third-order valence-corrected chi connectivity index (χ3v) is 3.83. The topological polar surface area (TPSA) is 61.0 Å². The Balaban J connectivity index is 1.71. The van der Waals surface area contributed by atoms with E-state index in [-0.39, 0.29) is 6.03 Å². The lowest BCUT2D eigenvalue weighted by Gasteiger charge is -2.26. The van der Waals surface area contributed by atoms with Gasteiger partial charge < -0.3 is 15.2 Å². The van der Waals surface area contributed by atoms with Gasteiger partial charge in [-0.3, -0.25) is 0 Å². The van der Waals surface area contributed by atoms with Gasteiger partial charge in [-0.25, -0.2) is 9.78 Å². The molecule has 0 unspecified atom stereocenters. The van der Waals surface area contributed by atoms with Crippen LogP contribution in [0.3, 0.4) is 0 Å². The zero-order chi connectivity index (χ0) is 15.5. The van der Waals surface area contributed by atoms with Gasteiger partial charge in [-0.2, -0.15) is 0 Å². The summed E-state index contributed by atoms with van der Waals surface area (Å²) in [6.45, 7) is 6.21. The molecule has 5 nitrogen and oxygen atoms in total. The smallest absolute Gasteiger partial charge is 0.317 e. The van der Waals surface area contributed by atoms with Crippen LogP contribution in [0.15, 0.2) is 30.3 Å². The number of urea groups is 1. The summed E-state index contributed by atoms with van der Waals surface area (Å²) in [7, 11) is 0. The van der Waals surface area contributed by atoms with Crippen LogP contribution in [0.4, 0.5) is 4.79 Å². The molecular weight excluding hydrogens is 276 g/mol. The highest BCUT2D eigenvalue weighted by Crippen LogP contribution is 2.22. The number of imidazole rings is 1. The van der Waals surface area contributed by atoms with Crippen molar-refractivity contribution < 1.29 is 4.79 Å². The molecule has 1 aromatic heterocycles. The van der Waals surface area contributed by atoms with E-state index >= 15 is 0 Å². The van der Waals surface area contributed by atoms with Gasteiger partial charge in [0.15, 0.2) is 0 Å². The van der Waals surface area contributed by atoms with Crippen LogP contribution in [0.25, 0.3) is 11.4 Å². The zero-order valence-corrected chi connectivity index (χ0v) is 13.1. The number of nitrogens with zero attached hydrogens (tertiary/aromatic N) is 2. The largest absolute Gasteiger partial charge is 0.340 e. The van der Waals surface area contributed by atoms with Gasteiger partial charge in [-0.1, -0.05) is 44.2 Å². The van der Waals surface area contributed by atoms with Crippen molar-refractivity contribution >= 4 is 6.03 Å². The summed E-state index contributed by atoms with van der Waals surface area (Å²) in [6, 6.07) is 10.1. The van der Waals surface area contributed by atoms with E-state index in [0.29, 0.717) is 19.0 Å². The summed E-state index contributed by atoms with van der Waals surface area (Å²) in [5.41, 5.74) is 3.20. The van der Waals surface area contributed by atoms with Gasteiger partial charge in [-0.15, -0.1) is 0 Å². The highest BCUT2D eigenvalue weighted by Gasteiger charge is 2.23. The maximum Gasteiger partial charge on any atom is 0.317 e. The van der Waals surface area contributed by atoms with Gasteiger partial charge >= 0.3 is 6.03 Å². The van der Waals surface area contributed by atoms with E-state index in [2.05, 4.69) is 29.1 Å². The Morgan fingerprint density at radius 2 is 2.14 bits per heavy atom. The van der Waals surface area contributed by atoms with Crippen molar-refractivity contribution in [3.8, 4) is 11.4 Å². The molecule has 2 heterocycles. The predicted molar refractivity (Wildman–Crippen MR) is 86.4 cm³/mol. The van der Waals surface area contributed by atoms with Gasteiger partial charge in [0, 0.05) is 25.1 Å². The molecule has 3 rings (SSSR count). The Labute approximate surface area is 130 Å². The minimum Gasteiger partial charge on any atom is -0.340 e. The number of aromatic nitrogens is 2. The lowest BCUT2D eigenvalue weighted by atomic mass is 10.1. The van der Waals surface area contributed by atoms with E-state index in [4.69, 9.17) is 0 Å². The van der Waals surface area contributed by atoms with Crippen molar-refractivity contribution in [1.29, 1.82) is 0 Å². The van der Waals surface area contributed by atoms with Crippen LogP contribution in [0, 0.1) is 5.92 Å². The summed E-state index contributed by atoms with van der Waals surface area (Å²) < 4.78 is 0. The van der Waals surface area contributed by atoms with Crippen LogP contribution in [-0.2, 0) is 13.0 Å². The quantitative estimate of drug-likeness (QED) is 0.915. The first-order valence-electron chi connectivity index (χ1n) is 7.79. The second-order valence-corrected chi connectivity index (χ2v) is 6.13. The molecule has 0 radical (unpaired) electrons. The number of aromatic amines is 1. The third-order valence-electron chi connectivity index (χ3n) is 3.83. The van der Waals surface area contributed by atoms with Gasteiger partial charge in [0.05, 0.1) is 17.9 Å². The van der Waals surface area contributed by atoms with Crippen LogP contribution in [0.5, 0.6) is 0 Å². The molecule has 2 amide bonds. The van der Waals surface area contributed by atoms with Crippen molar-refractivity contribution in [3.63, 3.8) is 0 Å². The molecule has 2 N–H and O–H groups in total. The molecule has 1 aromatic carbocycles. The summed E-state index contributed by atoms with van der Waals surface area (Å²) in [6.07, 6.45) is 0.799. The SMILES string of the molecule is CC(C)CNC(=O)N1CCc2nc(-c3ccccc3)[nH]c2C1. The number of fused-ring (bicyclic) bond motifs is 1. The first-order valence-corrected chi connectivity index (χ1v) is 7.79. The van der Waals surface area contributed by atoms with E-state index in [9.17, 15) is 4.79 Å². The van der Waals surface area contributed by atoms with Crippen LogP contribution in [0.1, 0.15) is 25.2 Å². The van der Waals surface area contributed by atoms with E-state index in [1.165, 1.54) is 0 Å². The fourth-order valence-corrected chi connectivity index (χ4v) is 2.60. The number of benzene rings is 1. The van der Waals surface area contributed by atoms with Crippen molar-refractivity contribution in [2.24, 2.45) is 5.92 Å². The highest BCUT2D eigenvalue weighted by atomic mass is 16.2. The number of hydrogen-bond acceptors (Lipinski definition) is 2. The maximum absolute atomic E-state index is 12.2. The molecule has 0 bridgehead atoms. The van der Waals surface area contributed by atoms with E-state index in [1.54, 1.807) is 0 Å². The number of hydrogen-bond donors (Lipinski definition) is 2. The number of amides is 2. The lowest BCUT2D eigenvalue weighted by molar-refractivity contribution is 0.190. The lowest BCUT2D eigenvalue weighted by Crippen LogP contribution is -2.43. The van der Waals surface area contributed by atoms with Gasteiger partial charge in [0.25, 0.3) is 0 Å². The number of H-pyrrole nitrogens is 1. The average molecular weight is 298 g/mol. The van der Waals surface area contributed by atoms with E-state index in [0.717, 1.165) is 35.7 Å². The minimum absolute atomic E-state index is 0.00945. The monoisotopic (exact) mass is 298 g/mol. The predicted octanol–water partition coefficient (Wildman–Crippen LogP) is 2.80. The van der Waals surface area contributed by atoms with Gasteiger partial charge in [0.2, 0.25) is 0 Å². The van der Waals surface area contributed by atoms with Gasteiger partial charge in [0.1, 0.15) is 5.82 Å². The summed E-state index contributed by atoms with van der Waals surface area (Å²) in [5.74, 6) is 1.34. The molecular formula is C17H22N4O. The molecule has 22 heavy (non-hydrogen) atoms. The highest BCUT2D eigenvalue weighted by molar-refractivity contribution is 5.74. The molecule has 116 valence electrons. The third kappa shape index (κ3) is 3.13. The van der Waals surface area contributed by atoms with Crippen LogP contribution >= 0.6 is 0 Å². The minimum atomic E-state index is 0.00945. The molecule has 1 aliphatic heterocycles. The Morgan fingerprint density at radius 1 is 1.36 bits per heavy atom. The molecule has 2 aromatic rings. The first-order chi connectivity index (χ1) is 10.6. The molecule has 0 saturated carbocycles. The number of carbonyl (C=O) groups excluding carboxylic acids is 1. The number of nitrogens with one attached hydrogen (secondary N) is 2. The second kappa shape index (κ2) is 6.22. The molecule has 0 saturated heterocycles. The van der Waals surface area contributed by atoms with Crippen molar-refractivity contribution in [1.82, 2.24) is 20.2 Å². The summed E-state index contributed by atoms with van der Waals surface area (Å²) in [4.78, 5) is 22.1. The van der Waals surface area contributed by atoms with Crippen LogP contribution in [0.2, 0.25) is 0 Å². The van der Waals surface area contributed by atoms with Crippen molar-refractivity contribution in [2.75, 3.05) is 13.1 Å². The normalized spacial score (nSPS) is 14.0. The summed E-state index contributed by atoms with van der Waals surface area (Å²) >= 11 is 0. The fraction of sp³-hybridized carbons (Fsp3) is 0.412. The zero-order valence-electron chi connectivity index (χ0n) is 13.1. The number of carbonyl (C=O) groups is 1. The molecule has 5 heteroatoms. The number of rotatable bonds is 3. The molecule has 0 fully saturated rings. The van der Waals surface area contributed by atoms with E-state index < -0.39 is 0 Å². The Kier molecular flexibility index (Phi) is 4.13. The average Bonchev–Trinajstić information content (AvgIpc) is 2.96. The van der Waals surface area contributed by atoms with Crippen LogP contribution in [-0.4, -0.2) is 34.0 Å². The maximum atomic E-state index is 12.2. The second-order valence-electron chi connectivity index (χ2n) is 6.13. The standard InChI is InChI=1S/C17H22N4O/c1-12(2)10-18-17(22)21-9-8-14-15(11-21)20-16(19-14)13-6-4-3-5-7-13/h3-7,12H,8-11H2,1-2H3,(H,18,22)(H,19,20). The summed E-state index contributed by atoms with van der Waals surface area (Å²) in [5, 5.41) is 2.97. The van der Waals surface area contributed by atoms with Gasteiger partial charge in [-0.05, 0) is 5.92 Å². The van der Waals surface area contributed by atoms with Crippen molar-refractivity contribution in [3.05, 3.63) is 41.7 Å². The molecule has 0 aliphatic carbocycles. The first kappa shape index (κ1) is 14.6. The molecule has 1 aliphatic rings. The van der Waals surface area contributed by atoms with E-state index in [1.807, 2.05) is 35.2 Å². The molecule has 0 atom stereocenters. The Bertz CT molecular complexity index is 648. The van der Waals surface area contributed by atoms with Crippen molar-refractivity contribution in [2.45, 2.75) is 26.8 Å². The van der Waals surface area contributed by atoms with Crippen LogP contribution < -0.4 is 5.32 Å².